The molecule has 1 atom stereocenters. The average Bonchev–Trinajstić information content (AvgIpc) is 2.58. The maximum atomic E-state index is 12.1. The van der Waals surface area contributed by atoms with E-state index in [9.17, 15) is 14.9 Å². The van der Waals surface area contributed by atoms with Gasteiger partial charge in [-0.1, -0.05) is 41.9 Å². The summed E-state index contributed by atoms with van der Waals surface area (Å²) in [6.07, 6.45) is 0.425. The molecular formula is C16H14ClN3O4. The third kappa shape index (κ3) is 4.37. The highest BCUT2D eigenvalue weighted by Crippen LogP contribution is 2.20. The first-order valence-corrected chi connectivity index (χ1v) is 7.25. The number of benzene rings is 2. The van der Waals surface area contributed by atoms with E-state index in [2.05, 4.69) is 10.5 Å². The van der Waals surface area contributed by atoms with Gasteiger partial charge in [0.25, 0.3) is 11.6 Å². The number of rotatable bonds is 6. The number of hydrogen-bond donors (Lipinski definition) is 1. The molecule has 0 heterocycles. The SMILES string of the molecule is COC(C(=O)N/N=C/c1cc([N+](=O)[O-])ccc1Cl)c1ccccc1. The van der Waals surface area contributed by atoms with Crippen molar-refractivity contribution < 1.29 is 14.5 Å². The summed E-state index contributed by atoms with van der Waals surface area (Å²) in [6.45, 7) is 0. The molecule has 0 aliphatic heterocycles. The van der Waals surface area contributed by atoms with Crippen LogP contribution in [0.5, 0.6) is 0 Å². The molecule has 0 saturated carbocycles. The first kappa shape index (κ1) is 17.6. The lowest BCUT2D eigenvalue weighted by Crippen LogP contribution is -2.26. The van der Waals surface area contributed by atoms with E-state index in [1.807, 2.05) is 6.07 Å². The highest BCUT2D eigenvalue weighted by molar-refractivity contribution is 6.33. The Morgan fingerprint density at radius 2 is 2.04 bits per heavy atom. The number of halogens is 1. The summed E-state index contributed by atoms with van der Waals surface area (Å²) in [7, 11) is 1.42. The zero-order valence-electron chi connectivity index (χ0n) is 12.7. The Hall–Kier alpha value is -2.77. The zero-order chi connectivity index (χ0) is 17.5. The van der Waals surface area contributed by atoms with Gasteiger partial charge in [0.15, 0.2) is 6.10 Å². The minimum atomic E-state index is -0.816. The Labute approximate surface area is 143 Å². The maximum Gasteiger partial charge on any atom is 0.273 e. The number of hydrazone groups is 1. The van der Waals surface area contributed by atoms with Gasteiger partial charge in [0.05, 0.1) is 11.1 Å². The standard InChI is InChI=1S/C16H14ClN3O4/c1-24-15(11-5-3-2-4-6-11)16(21)19-18-10-12-9-13(20(22)23)7-8-14(12)17/h2-10,15H,1H3,(H,19,21)/b18-10+. The third-order valence-corrected chi connectivity index (χ3v) is 3.49. The fourth-order valence-electron chi connectivity index (χ4n) is 1.99. The van der Waals surface area contributed by atoms with Gasteiger partial charge in [-0.2, -0.15) is 5.10 Å². The van der Waals surface area contributed by atoms with Gasteiger partial charge in [0.1, 0.15) is 0 Å². The van der Waals surface area contributed by atoms with Gasteiger partial charge < -0.3 is 4.74 Å². The van der Waals surface area contributed by atoms with E-state index in [0.717, 1.165) is 0 Å². The molecule has 0 saturated heterocycles. The lowest BCUT2D eigenvalue weighted by atomic mass is 10.1. The monoisotopic (exact) mass is 347 g/mol. The molecule has 0 radical (unpaired) electrons. The summed E-state index contributed by atoms with van der Waals surface area (Å²) >= 11 is 5.95. The van der Waals surface area contributed by atoms with E-state index in [1.165, 1.54) is 31.5 Å². The number of nitrogens with one attached hydrogen (secondary N) is 1. The fraction of sp³-hybridized carbons (Fsp3) is 0.125. The molecule has 8 heteroatoms. The molecule has 0 spiro atoms. The van der Waals surface area contributed by atoms with Crippen LogP contribution in [0.4, 0.5) is 5.69 Å². The molecule has 1 unspecified atom stereocenters. The van der Waals surface area contributed by atoms with Crippen molar-refractivity contribution in [3.63, 3.8) is 0 Å². The van der Waals surface area contributed by atoms with Crippen molar-refractivity contribution in [1.82, 2.24) is 5.43 Å². The fourth-order valence-corrected chi connectivity index (χ4v) is 2.16. The first-order valence-electron chi connectivity index (χ1n) is 6.87. The van der Waals surface area contributed by atoms with Crippen LogP contribution in [0, 0.1) is 10.1 Å². The van der Waals surface area contributed by atoms with Crippen molar-refractivity contribution >= 4 is 29.4 Å². The zero-order valence-corrected chi connectivity index (χ0v) is 13.4. The Morgan fingerprint density at radius 3 is 2.67 bits per heavy atom. The van der Waals surface area contributed by atoms with Crippen LogP contribution < -0.4 is 5.43 Å². The molecule has 2 aromatic carbocycles. The van der Waals surface area contributed by atoms with Crippen LogP contribution in [0.3, 0.4) is 0 Å². The molecule has 0 aromatic heterocycles. The molecule has 0 aliphatic carbocycles. The maximum absolute atomic E-state index is 12.1. The van der Waals surface area contributed by atoms with Gasteiger partial charge >= 0.3 is 0 Å². The van der Waals surface area contributed by atoms with Crippen molar-refractivity contribution in [2.24, 2.45) is 5.10 Å². The Kier molecular flexibility index (Phi) is 6.00. The summed E-state index contributed by atoms with van der Waals surface area (Å²) in [5, 5.41) is 14.8. The smallest absolute Gasteiger partial charge is 0.273 e. The molecule has 2 aromatic rings. The van der Waals surface area contributed by atoms with E-state index in [0.29, 0.717) is 11.1 Å². The normalized spacial score (nSPS) is 12.1. The minimum Gasteiger partial charge on any atom is -0.367 e. The van der Waals surface area contributed by atoms with E-state index < -0.39 is 16.9 Å². The summed E-state index contributed by atoms with van der Waals surface area (Å²) in [5.41, 5.74) is 3.22. The number of non-ortho nitro benzene ring substituents is 1. The van der Waals surface area contributed by atoms with E-state index in [1.54, 1.807) is 24.3 Å². The second kappa shape index (κ2) is 8.19. The predicted octanol–water partition coefficient (Wildman–Crippen LogP) is 3.09. The number of methoxy groups -OCH3 is 1. The minimum absolute atomic E-state index is 0.119. The van der Waals surface area contributed by atoms with Crippen molar-refractivity contribution in [3.8, 4) is 0 Å². The van der Waals surface area contributed by atoms with Crippen molar-refractivity contribution in [1.29, 1.82) is 0 Å². The summed E-state index contributed by atoms with van der Waals surface area (Å²) < 4.78 is 5.17. The molecule has 7 nitrogen and oxygen atoms in total. The van der Waals surface area contributed by atoms with Gasteiger partial charge in [-0.3, -0.25) is 14.9 Å². The molecule has 0 aliphatic rings. The van der Waals surface area contributed by atoms with Crippen LogP contribution in [0.25, 0.3) is 0 Å². The molecule has 124 valence electrons. The van der Waals surface area contributed by atoms with Crippen molar-refractivity contribution in [2.75, 3.05) is 7.11 Å². The molecule has 24 heavy (non-hydrogen) atoms. The van der Waals surface area contributed by atoms with Gasteiger partial charge in [0, 0.05) is 29.8 Å². The molecule has 1 N–H and O–H groups in total. The number of carbonyl (C=O) groups excluding carboxylic acids is 1. The number of amides is 1. The van der Waals surface area contributed by atoms with Crippen LogP contribution in [-0.2, 0) is 9.53 Å². The number of hydrogen-bond acceptors (Lipinski definition) is 5. The third-order valence-electron chi connectivity index (χ3n) is 3.14. The number of carbonyl (C=O) groups is 1. The highest BCUT2D eigenvalue weighted by Gasteiger charge is 2.19. The Bertz CT molecular complexity index is 765. The van der Waals surface area contributed by atoms with E-state index >= 15 is 0 Å². The van der Waals surface area contributed by atoms with E-state index in [4.69, 9.17) is 16.3 Å². The summed E-state index contributed by atoms with van der Waals surface area (Å²) in [4.78, 5) is 22.4. The molecule has 1 amide bonds. The van der Waals surface area contributed by atoms with Crippen molar-refractivity contribution in [2.45, 2.75) is 6.10 Å². The molecular weight excluding hydrogens is 334 g/mol. The van der Waals surface area contributed by atoms with Crippen LogP contribution in [0.2, 0.25) is 5.02 Å². The second-order valence-electron chi connectivity index (χ2n) is 4.72. The summed E-state index contributed by atoms with van der Waals surface area (Å²) in [5.74, 6) is -0.471. The van der Waals surface area contributed by atoms with Gasteiger partial charge in [-0.25, -0.2) is 5.43 Å². The lowest BCUT2D eigenvalue weighted by Gasteiger charge is -2.13. The predicted molar refractivity (Wildman–Crippen MR) is 90.0 cm³/mol. The quantitative estimate of drug-likeness (QED) is 0.493. The van der Waals surface area contributed by atoms with Gasteiger partial charge in [-0.15, -0.1) is 0 Å². The topological polar surface area (TPSA) is 93.8 Å². The second-order valence-corrected chi connectivity index (χ2v) is 5.13. The highest BCUT2D eigenvalue weighted by atomic mass is 35.5. The Balaban J connectivity index is 2.09. The number of ether oxygens (including phenoxy) is 1. The largest absolute Gasteiger partial charge is 0.367 e. The van der Waals surface area contributed by atoms with Crippen LogP contribution in [0.15, 0.2) is 53.6 Å². The van der Waals surface area contributed by atoms with Crippen LogP contribution in [-0.4, -0.2) is 24.2 Å². The average molecular weight is 348 g/mol. The van der Waals surface area contributed by atoms with E-state index in [-0.39, 0.29) is 10.7 Å². The lowest BCUT2D eigenvalue weighted by molar-refractivity contribution is -0.384. The molecule has 2 rings (SSSR count). The molecule has 0 bridgehead atoms. The van der Waals surface area contributed by atoms with Crippen LogP contribution >= 0.6 is 11.6 Å². The summed E-state index contributed by atoms with van der Waals surface area (Å²) in [6, 6.07) is 12.9. The van der Waals surface area contributed by atoms with Gasteiger partial charge in [-0.05, 0) is 11.6 Å². The van der Waals surface area contributed by atoms with Gasteiger partial charge in [0.2, 0.25) is 0 Å². The van der Waals surface area contributed by atoms with Crippen molar-refractivity contribution in [3.05, 3.63) is 74.8 Å². The first-order chi connectivity index (χ1) is 11.5. The molecule has 0 fully saturated rings. The van der Waals surface area contributed by atoms with Crippen LogP contribution in [0.1, 0.15) is 17.2 Å². The number of nitro groups is 1. The Morgan fingerprint density at radius 1 is 1.33 bits per heavy atom. The number of nitrogens with zero attached hydrogens (tertiary/aromatic N) is 2. The number of nitro benzene ring substituents is 1.